The molecule has 0 fully saturated rings. The van der Waals surface area contributed by atoms with Gasteiger partial charge in [0.25, 0.3) is 0 Å². The molecular formula is C13H11ClF2N2. The molecular weight excluding hydrogens is 258 g/mol. The summed E-state index contributed by atoms with van der Waals surface area (Å²) < 4.78 is 26.7. The van der Waals surface area contributed by atoms with Crippen LogP contribution in [-0.2, 0) is 6.42 Å². The lowest BCUT2D eigenvalue weighted by atomic mass is 10.0. The summed E-state index contributed by atoms with van der Waals surface area (Å²) >= 11 is 5.58. The predicted octanol–water partition coefficient (Wildman–Crippen LogP) is 3.26. The Morgan fingerprint density at radius 3 is 2.67 bits per heavy atom. The SMILES string of the molecule is NC(Cc1ccc(Cl)c(F)c1)c1ccncc1F. The van der Waals surface area contributed by atoms with E-state index in [1.165, 1.54) is 24.4 Å². The Bertz CT molecular complexity index is 560. The van der Waals surface area contributed by atoms with Gasteiger partial charge in [0.05, 0.1) is 11.2 Å². The Labute approximate surface area is 108 Å². The van der Waals surface area contributed by atoms with Crippen LogP contribution in [-0.4, -0.2) is 4.98 Å². The van der Waals surface area contributed by atoms with Gasteiger partial charge in [-0.1, -0.05) is 17.7 Å². The average Bonchev–Trinajstić information content (AvgIpc) is 2.34. The van der Waals surface area contributed by atoms with Crippen molar-refractivity contribution in [2.75, 3.05) is 0 Å². The van der Waals surface area contributed by atoms with Crippen LogP contribution in [0.1, 0.15) is 17.2 Å². The first kappa shape index (κ1) is 12.9. The highest BCUT2D eigenvalue weighted by Crippen LogP contribution is 2.21. The Morgan fingerprint density at radius 1 is 1.22 bits per heavy atom. The number of halogens is 3. The third-order valence-electron chi connectivity index (χ3n) is 2.64. The number of benzene rings is 1. The van der Waals surface area contributed by atoms with E-state index < -0.39 is 17.7 Å². The second kappa shape index (κ2) is 5.42. The monoisotopic (exact) mass is 268 g/mol. The Kier molecular flexibility index (Phi) is 3.89. The molecule has 1 unspecified atom stereocenters. The van der Waals surface area contributed by atoms with E-state index in [0.717, 1.165) is 6.20 Å². The smallest absolute Gasteiger partial charge is 0.146 e. The van der Waals surface area contributed by atoms with E-state index in [1.54, 1.807) is 6.07 Å². The van der Waals surface area contributed by atoms with Crippen molar-refractivity contribution in [1.29, 1.82) is 0 Å². The van der Waals surface area contributed by atoms with Crippen LogP contribution in [0.25, 0.3) is 0 Å². The molecule has 2 rings (SSSR count). The minimum atomic E-state index is -0.548. The average molecular weight is 269 g/mol. The summed E-state index contributed by atoms with van der Waals surface area (Å²) in [7, 11) is 0. The molecule has 0 saturated carbocycles. The maximum absolute atomic E-state index is 13.4. The van der Waals surface area contributed by atoms with Gasteiger partial charge in [-0.15, -0.1) is 0 Å². The molecule has 5 heteroatoms. The van der Waals surface area contributed by atoms with Crippen molar-refractivity contribution in [1.82, 2.24) is 4.98 Å². The third kappa shape index (κ3) is 2.83. The lowest BCUT2D eigenvalue weighted by molar-refractivity contribution is 0.573. The lowest BCUT2D eigenvalue weighted by Gasteiger charge is -2.12. The molecule has 2 nitrogen and oxygen atoms in total. The number of nitrogens with two attached hydrogens (primary N) is 1. The van der Waals surface area contributed by atoms with E-state index >= 15 is 0 Å². The minimum Gasteiger partial charge on any atom is -0.324 e. The van der Waals surface area contributed by atoms with Crippen LogP contribution in [0.2, 0.25) is 5.02 Å². The molecule has 2 N–H and O–H groups in total. The van der Waals surface area contributed by atoms with Crippen molar-refractivity contribution in [2.24, 2.45) is 5.73 Å². The molecule has 1 aromatic carbocycles. The van der Waals surface area contributed by atoms with E-state index in [9.17, 15) is 8.78 Å². The van der Waals surface area contributed by atoms with E-state index in [2.05, 4.69) is 4.98 Å². The number of hydrogen-bond acceptors (Lipinski definition) is 2. The maximum Gasteiger partial charge on any atom is 0.146 e. The summed E-state index contributed by atoms with van der Waals surface area (Å²) in [6.45, 7) is 0. The molecule has 1 heterocycles. The summed E-state index contributed by atoms with van der Waals surface area (Å²) in [5.41, 5.74) is 6.92. The Balaban J connectivity index is 2.19. The van der Waals surface area contributed by atoms with Gasteiger partial charge in [0.2, 0.25) is 0 Å². The van der Waals surface area contributed by atoms with E-state index in [0.29, 0.717) is 17.5 Å². The zero-order valence-corrected chi connectivity index (χ0v) is 10.2. The fraction of sp³-hybridized carbons (Fsp3) is 0.154. The number of aromatic nitrogens is 1. The molecule has 1 aromatic heterocycles. The van der Waals surface area contributed by atoms with Crippen molar-refractivity contribution in [3.63, 3.8) is 0 Å². The second-order valence-corrected chi connectivity index (χ2v) is 4.36. The number of pyridine rings is 1. The highest BCUT2D eigenvalue weighted by molar-refractivity contribution is 6.30. The van der Waals surface area contributed by atoms with Gasteiger partial charge >= 0.3 is 0 Å². The number of hydrogen-bond donors (Lipinski definition) is 1. The summed E-state index contributed by atoms with van der Waals surface area (Å²) in [6, 6.07) is 5.41. The van der Waals surface area contributed by atoms with Gasteiger partial charge in [-0.3, -0.25) is 4.98 Å². The summed E-state index contributed by atoms with van der Waals surface area (Å²) in [4.78, 5) is 3.65. The lowest BCUT2D eigenvalue weighted by Crippen LogP contribution is -2.15. The molecule has 0 aliphatic heterocycles. The molecule has 0 amide bonds. The molecule has 0 spiro atoms. The van der Waals surface area contributed by atoms with Crippen LogP contribution >= 0.6 is 11.6 Å². The summed E-state index contributed by atoms with van der Waals surface area (Å²) in [5.74, 6) is -0.962. The largest absolute Gasteiger partial charge is 0.324 e. The molecule has 94 valence electrons. The summed E-state index contributed by atoms with van der Waals surface area (Å²) in [6.07, 6.45) is 2.91. The molecule has 18 heavy (non-hydrogen) atoms. The summed E-state index contributed by atoms with van der Waals surface area (Å²) in [5, 5.41) is 0.0578. The number of nitrogens with zero attached hydrogens (tertiary/aromatic N) is 1. The molecule has 0 aliphatic rings. The molecule has 0 aliphatic carbocycles. The van der Waals surface area contributed by atoms with Crippen molar-refractivity contribution < 1.29 is 8.78 Å². The zero-order chi connectivity index (χ0) is 13.1. The maximum atomic E-state index is 13.4. The first-order chi connectivity index (χ1) is 8.58. The van der Waals surface area contributed by atoms with Crippen LogP contribution in [0.3, 0.4) is 0 Å². The van der Waals surface area contributed by atoms with E-state index in [-0.39, 0.29) is 5.02 Å². The fourth-order valence-corrected chi connectivity index (χ4v) is 1.83. The topological polar surface area (TPSA) is 38.9 Å². The first-order valence-electron chi connectivity index (χ1n) is 5.37. The van der Waals surface area contributed by atoms with Gasteiger partial charge in [-0.05, 0) is 30.2 Å². The van der Waals surface area contributed by atoms with Crippen LogP contribution < -0.4 is 5.73 Å². The van der Waals surface area contributed by atoms with Crippen LogP contribution in [0.4, 0.5) is 8.78 Å². The standard InChI is InChI=1S/C13H11ClF2N2/c14-10-2-1-8(5-11(10)15)6-13(17)9-3-4-18-7-12(9)16/h1-5,7,13H,6,17H2. The zero-order valence-electron chi connectivity index (χ0n) is 9.41. The van der Waals surface area contributed by atoms with Gasteiger partial charge in [-0.2, -0.15) is 0 Å². The first-order valence-corrected chi connectivity index (χ1v) is 5.74. The molecule has 2 aromatic rings. The Morgan fingerprint density at radius 2 is 2.00 bits per heavy atom. The van der Waals surface area contributed by atoms with E-state index in [1.807, 2.05) is 0 Å². The highest BCUT2D eigenvalue weighted by atomic mass is 35.5. The van der Waals surface area contributed by atoms with Crippen LogP contribution in [0, 0.1) is 11.6 Å². The van der Waals surface area contributed by atoms with E-state index in [4.69, 9.17) is 17.3 Å². The highest BCUT2D eigenvalue weighted by Gasteiger charge is 2.12. The van der Waals surface area contributed by atoms with Gasteiger partial charge in [0.15, 0.2) is 0 Å². The quantitative estimate of drug-likeness (QED) is 0.928. The van der Waals surface area contributed by atoms with Gasteiger partial charge < -0.3 is 5.73 Å². The van der Waals surface area contributed by atoms with Crippen LogP contribution in [0.15, 0.2) is 36.7 Å². The molecule has 1 atom stereocenters. The van der Waals surface area contributed by atoms with Crippen molar-refractivity contribution >= 4 is 11.6 Å². The van der Waals surface area contributed by atoms with Gasteiger partial charge in [-0.25, -0.2) is 8.78 Å². The second-order valence-electron chi connectivity index (χ2n) is 3.96. The van der Waals surface area contributed by atoms with Crippen molar-refractivity contribution in [2.45, 2.75) is 12.5 Å². The molecule has 0 radical (unpaired) electrons. The van der Waals surface area contributed by atoms with Crippen molar-refractivity contribution in [3.05, 3.63) is 64.4 Å². The van der Waals surface area contributed by atoms with Gasteiger partial charge in [0.1, 0.15) is 11.6 Å². The number of rotatable bonds is 3. The minimum absolute atomic E-state index is 0.0578. The predicted molar refractivity (Wildman–Crippen MR) is 66.2 cm³/mol. The third-order valence-corrected chi connectivity index (χ3v) is 2.95. The molecule has 0 bridgehead atoms. The van der Waals surface area contributed by atoms with Crippen molar-refractivity contribution in [3.8, 4) is 0 Å². The normalized spacial score (nSPS) is 12.4. The molecule has 0 saturated heterocycles. The van der Waals surface area contributed by atoms with Gasteiger partial charge in [0, 0.05) is 17.8 Å². The Hall–Kier alpha value is -1.52. The van der Waals surface area contributed by atoms with Crippen LogP contribution in [0.5, 0.6) is 0 Å². The fourth-order valence-electron chi connectivity index (χ4n) is 1.72.